The molecular weight excluding hydrogens is 382 g/mol. The number of amides is 1. The van der Waals surface area contributed by atoms with Gasteiger partial charge in [-0.2, -0.15) is 0 Å². The standard InChI is InChI=1S/C23H29N3O2S/c1-28-19-6-4-18(5-7-19)24-11-13-25(14-12-24)22(27)16-26-10-8-21-20(9-15-29-21)23(26)17-2-3-17/h4-7,9,15,17,23H,2-3,8,10-14,16H2,1H3. The van der Waals surface area contributed by atoms with Crippen molar-refractivity contribution in [3.8, 4) is 5.75 Å². The van der Waals surface area contributed by atoms with Crippen LogP contribution in [0, 0.1) is 5.92 Å². The molecular formula is C23H29N3O2S. The van der Waals surface area contributed by atoms with E-state index < -0.39 is 0 Å². The third kappa shape index (κ3) is 3.88. The van der Waals surface area contributed by atoms with Crippen molar-refractivity contribution < 1.29 is 9.53 Å². The number of rotatable bonds is 5. The second-order valence-corrected chi connectivity index (χ2v) is 9.37. The zero-order valence-electron chi connectivity index (χ0n) is 17.0. The van der Waals surface area contributed by atoms with E-state index in [1.54, 1.807) is 12.0 Å². The summed E-state index contributed by atoms with van der Waals surface area (Å²) in [7, 11) is 1.69. The fourth-order valence-corrected chi connectivity index (χ4v) is 5.73. The summed E-state index contributed by atoms with van der Waals surface area (Å²) in [5.74, 6) is 1.93. The summed E-state index contributed by atoms with van der Waals surface area (Å²) >= 11 is 1.89. The molecule has 1 atom stereocenters. The predicted octanol–water partition coefficient (Wildman–Crippen LogP) is 3.41. The van der Waals surface area contributed by atoms with Crippen molar-refractivity contribution >= 4 is 22.9 Å². The normalized spacial score (nSPS) is 22.4. The Morgan fingerprint density at radius 1 is 1.07 bits per heavy atom. The summed E-state index contributed by atoms with van der Waals surface area (Å²) in [5, 5.41) is 2.23. The van der Waals surface area contributed by atoms with Gasteiger partial charge in [0.25, 0.3) is 0 Å². The van der Waals surface area contributed by atoms with E-state index in [-0.39, 0.29) is 0 Å². The first-order chi connectivity index (χ1) is 14.2. The summed E-state index contributed by atoms with van der Waals surface area (Å²) in [6, 6.07) is 11.0. The lowest BCUT2D eigenvalue weighted by Crippen LogP contribution is -2.52. The van der Waals surface area contributed by atoms with Crippen LogP contribution in [0.3, 0.4) is 0 Å². The van der Waals surface area contributed by atoms with Gasteiger partial charge in [-0.3, -0.25) is 9.69 Å². The van der Waals surface area contributed by atoms with Crippen LogP contribution in [0.25, 0.3) is 0 Å². The van der Waals surface area contributed by atoms with E-state index in [9.17, 15) is 4.79 Å². The summed E-state index contributed by atoms with van der Waals surface area (Å²) in [4.78, 5) is 21.5. The number of piperazine rings is 1. The molecule has 0 spiro atoms. The summed E-state index contributed by atoms with van der Waals surface area (Å²) in [5.41, 5.74) is 2.70. The Labute approximate surface area is 176 Å². The Bertz CT molecular complexity index is 853. The third-order valence-electron chi connectivity index (χ3n) is 6.59. The lowest BCUT2D eigenvalue weighted by Gasteiger charge is -2.39. The largest absolute Gasteiger partial charge is 0.497 e. The molecule has 2 aliphatic heterocycles. The fraction of sp³-hybridized carbons (Fsp3) is 0.522. The number of thiophene rings is 1. The molecule has 3 heterocycles. The molecule has 5 nitrogen and oxygen atoms in total. The van der Waals surface area contributed by atoms with Gasteiger partial charge in [0.15, 0.2) is 0 Å². The van der Waals surface area contributed by atoms with Crippen LogP contribution in [0.5, 0.6) is 5.75 Å². The maximum Gasteiger partial charge on any atom is 0.236 e. The van der Waals surface area contributed by atoms with Gasteiger partial charge in [0.1, 0.15) is 5.75 Å². The highest BCUT2D eigenvalue weighted by atomic mass is 32.1. The van der Waals surface area contributed by atoms with Crippen molar-refractivity contribution in [2.75, 3.05) is 51.3 Å². The average molecular weight is 412 g/mol. The van der Waals surface area contributed by atoms with Crippen LogP contribution in [0.2, 0.25) is 0 Å². The number of ether oxygens (including phenoxy) is 1. The lowest BCUT2D eigenvalue weighted by molar-refractivity contribution is -0.133. The number of anilines is 1. The van der Waals surface area contributed by atoms with Crippen LogP contribution in [0.4, 0.5) is 5.69 Å². The molecule has 0 radical (unpaired) electrons. The number of carbonyl (C=O) groups excluding carboxylic acids is 1. The molecule has 1 aromatic heterocycles. The zero-order chi connectivity index (χ0) is 19.8. The van der Waals surface area contributed by atoms with Crippen molar-refractivity contribution in [1.29, 1.82) is 0 Å². The Kier molecular flexibility index (Phi) is 5.22. The SMILES string of the molecule is COc1ccc(N2CCN(C(=O)CN3CCc4sccc4C3C3CC3)CC2)cc1. The van der Waals surface area contributed by atoms with Crippen molar-refractivity contribution in [3.63, 3.8) is 0 Å². The monoisotopic (exact) mass is 411 g/mol. The molecule has 2 fully saturated rings. The Hall–Kier alpha value is -2.05. The quantitative estimate of drug-likeness (QED) is 0.755. The first kappa shape index (κ1) is 18.9. The van der Waals surface area contributed by atoms with E-state index in [2.05, 4.69) is 38.3 Å². The maximum absolute atomic E-state index is 13.1. The van der Waals surface area contributed by atoms with E-state index >= 15 is 0 Å². The number of methoxy groups -OCH3 is 1. The number of hydrogen-bond acceptors (Lipinski definition) is 5. The molecule has 1 aliphatic carbocycles. The Morgan fingerprint density at radius 2 is 1.83 bits per heavy atom. The Balaban J connectivity index is 1.19. The van der Waals surface area contributed by atoms with Crippen molar-refractivity contribution in [2.45, 2.75) is 25.3 Å². The number of fused-ring (bicyclic) bond motifs is 1. The highest BCUT2D eigenvalue weighted by Crippen LogP contribution is 2.48. The number of benzene rings is 1. The summed E-state index contributed by atoms with van der Waals surface area (Å²) < 4.78 is 5.25. The first-order valence-electron chi connectivity index (χ1n) is 10.7. The highest BCUT2D eigenvalue weighted by molar-refractivity contribution is 7.10. The number of hydrogen-bond donors (Lipinski definition) is 0. The molecule has 1 saturated heterocycles. The second kappa shape index (κ2) is 8.00. The van der Waals surface area contributed by atoms with Crippen LogP contribution < -0.4 is 9.64 Å². The van der Waals surface area contributed by atoms with E-state index in [4.69, 9.17) is 4.74 Å². The minimum atomic E-state index is 0.295. The molecule has 0 bridgehead atoms. The van der Waals surface area contributed by atoms with Gasteiger partial charge in [0.2, 0.25) is 5.91 Å². The predicted molar refractivity (Wildman–Crippen MR) is 117 cm³/mol. The molecule has 154 valence electrons. The van der Waals surface area contributed by atoms with Gasteiger partial charge in [-0.05, 0) is 66.5 Å². The summed E-state index contributed by atoms with van der Waals surface area (Å²) in [6.45, 7) is 4.97. The van der Waals surface area contributed by atoms with Gasteiger partial charge in [-0.1, -0.05) is 0 Å². The molecule has 2 aromatic rings. The molecule has 5 rings (SSSR count). The van der Waals surface area contributed by atoms with Crippen molar-refractivity contribution in [2.24, 2.45) is 5.92 Å². The van der Waals surface area contributed by atoms with Gasteiger partial charge in [0.05, 0.1) is 13.7 Å². The zero-order valence-corrected chi connectivity index (χ0v) is 17.9. The summed E-state index contributed by atoms with van der Waals surface area (Å²) in [6.07, 6.45) is 3.71. The van der Waals surface area contributed by atoms with Crippen LogP contribution >= 0.6 is 11.3 Å². The van der Waals surface area contributed by atoms with Gasteiger partial charge in [-0.25, -0.2) is 0 Å². The molecule has 1 amide bonds. The fourth-order valence-electron chi connectivity index (χ4n) is 4.82. The number of carbonyl (C=O) groups is 1. The second-order valence-electron chi connectivity index (χ2n) is 8.37. The first-order valence-corrected chi connectivity index (χ1v) is 11.6. The Morgan fingerprint density at radius 3 is 2.52 bits per heavy atom. The minimum Gasteiger partial charge on any atom is -0.497 e. The average Bonchev–Trinajstić information content (AvgIpc) is 3.49. The van der Waals surface area contributed by atoms with E-state index in [0.717, 1.165) is 50.8 Å². The minimum absolute atomic E-state index is 0.295. The van der Waals surface area contributed by atoms with E-state index in [1.165, 1.54) is 24.1 Å². The van der Waals surface area contributed by atoms with Crippen LogP contribution in [-0.4, -0.2) is 62.1 Å². The maximum atomic E-state index is 13.1. The van der Waals surface area contributed by atoms with Crippen LogP contribution in [0.15, 0.2) is 35.7 Å². The van der Waals surface area contributed by atoms with E-state index in [0.29, 0.717) is 18.5 Å². The molecule has 1 saturated carbocycles. The molecule has 0 N–H and O–H groups in total. The highest BCUT2D eigenvalue weighted by Gasteiger charge is 2.40. The topological polar surface area (TPSA) is 36.0 Å². The molecule has 1 aromatic carbocycles. The molecule has 6 heteroatoms. The molecule has 3 aliphatic rings. The van der Waals surface area contributed by atoms with Gasteiger partial charge in [0, 0.05) is 49.3 Å². The van der Waals surface area contributed by atoms with E-state index in [1.807, 2.05) is 23.5 Å². The lowest BCUT2D eigenvalue weighted by atomic mass is 9.96. The van der Waals surface area contributed by atoms with Gasteiger partial charge >= 0.3 is 0 Å². The molecule has 1 unspecified atom stereocenters. The van der Waals surface area contributed by atoms with Crippen molar-refractivity contribution in [3.05, 3.63) is 46.2 Å². The molecule has 29 heavy (non-hydrogen) atoms. The van der Waals surface area contributed by atoms with Crippen LogP contribution in [0.1, 0.15) is 29.3 Å². The van der Waals surface area contributed by atoms with Gasteiger partial charge in [-0.15, -0.1) is 11.3 Å². The van der Waals surface area contributed by atoms with Crippen LogP contribution in [-0.2, 0) is 11.2 Å². The number of nitrogens with zero attached hydrogens (tertiary/aromatic N) is 3. The van der Waals surface area contributed by atoms with Gasteiger partial charge < -0.3 is 14.5 Å². The van der Waals surface area contributed by atoms with Crippen molar-refractivity contribution in [1.82, 2.24) is 9.80 Å². The third-order valence-corrected chi connectivity index (χ3v) is 7.59. The smallest absolute Gasteiger partial charge is 0.236 e.